The average Bonchev–Trinajstić information content (AvgIpc) is 3.37. The summed E-state index contributed by atoms with van der Waals surface area (Å²) in [6.07, 6.45) is 0. The molecule has 0 saturated carbocycles. The third kappa shape index (κ3) is 4.40. The van der Waals surface area contributed by atoms with Crippen LogP contribution in [-0.4, -0.2) is 20.4 Å². The first kappa shape index (κ1) is 18.2. The van der Waals surface area contributed by atoms with Crippen molar-refractivity contribution in [2.75, 3.05) is 0 Å². The van der Waals surface area contributed by atoms with Gasteiger partial charge in [-0.3, -0.25) is 0 Å². The molecule has 2 heterocycles. The van der Waals surface area contributed by atoms with E-state index >= 15 is 0 Å². The molecule has 2 aromatic heterocycles. The fourth-order valence-corrected chi connectivity index (χ4v) is 3.05. The van der Waals surface area contributed by atoms with Crippen molar-refractivity contribution in [1.29, 1.82) is 0 Å². The first-order chi connectivity index (χ1) is 13.7. The molecule has 0 saturated heterocycles. The van der Waals surface area contributed by atoms with Crippen LogP contribution in [0.25, 0.3) is 11.5 Å². The van der Waals surface area contributed by atoms with E-state index in [4.69, 9.17) is 13.6 Å². The highest BCUT2D eigenvalue weighted by Gasteiger charge is 2.12. The van der Waals surface area contributed by atoms with Crippen LogP contribution in [0.4, 0.5) is 0 Å². The number of aryl methyl sites for hydroxylation is 2. The molecule has 7 nitrogen and oxygen atoms in total. The van der Waals surface area contributed by atoms with Gasteiger partial charge in [0, 0.05) is 5.56 Å². The van der Waals surface area contributed by atoms with Crippen LogP contribution in [-0.2, 0) is 12.4 Å². The topological polar surface area (TPSA) is 87.1 Å². The van der Waals surface area contributed by atoms with Crippen LogP contribution >= 0.6 is 11.8 Å². The molecule has 0 spiro atoms. The van der Waals surface area contributed by atoms with Crippen LogP contribution in [0.3, 0.4) is 0 Å². The Labute approximate surface area is 166 Å². The van der Waals surface area contributed by atoms with Crippen LogP contribution < -0.4 is 4.74 Å². The standard InChI is InChI=1S/C20H18N4O3S/c1-13-8-9-16(10-14(13)2)25-11-17-21-24-20(27-17)28-12-18-22-23-19(26-18)15-6-4-3-5-7-15/h3-10H,11-12H2,1-2H3. The molecule has 0 fully saturated rings. The molecular weight excluding hydrogens is 376 g/mol. The number of thioether (sulfide) groups is 1. The number of nitrogens with zero attached hydrogens (tertiary/aromatic N) is 4. The van der Waals surface area contributed by atoms with E-state index in [0.717, 1.165) is 11.3 Å². The number of aromatic nitrogens is 4. The zero-order valence-electron chi connectivity index (χ0n) is 15.5. The number of hydrogen-bond acceptors (Lipinski definition) is 8. The van der Waals surface area contributed by atoms with Gasteiger partial charge >= 0.3 is 0 Å². The van der Waals surface area contributed by atoms with Crippen molar-refractivity contribution in [3.05, 3.63) is 71.4 Å². The first-order valence-electron chi connectivity index (χ1n) is 8.70. The summed E-state index contributed by atoms with van der Waals surface area (Å²) in [4.78, 5) is 0. The third-order valence-electron chi connectivity index (χ3n) is 4.10. The highest BCUT2D eigenvalue weighted by molar-refractivity contribution is 7.98. The van der Waals surface area contributed by atoms with Crippen molar-refractivity contribution in [1.82, 2.24) is 20.4 Å². The second-order valence-corrected chi connectivity index (χ2v) is 7.08. The van der Waals surface area contributed by atoms with Crippen LogP contribution in [0, 0.1) is 13.8 Å². The van der Waals surface area contributed by atoms with Crippen LogP contribution in [0.2, 0.25) is 0 Å². The van der Waals surface area contributed by atoms with Gasteiger partial charge in [0.15, 0.2) is 6.61 Å². The van der Waals surface area contributed by atoms with E-state index in [1.807, 2.05) is 55.5 Å². The number of hydrogen-bond donors (Lipinski definition) is 0. The second-order valence-electron chi connectivity index (χ2n) is 6.15. The Bertz CT molecular complexity index is 1060. The van der Waals surface area contributed by atoms with E-state index in [0.29, 0.717) is 28.6 Å². The summed E-state index contributed by atoms with van der Waals surface area (Å²) < 4.78 is 17.0. The lowest BCUT2D eigenvalue weighted by Crippen LogP contribution is -1.96. The maximum absolute atomic E-state index is 5.71. The summed E-state index contributed by atoms with van der Waals surface area (Å²) in [5.41, 5.74) is 3.28. The van der Waals surface area contributed by atoms with Crippen molar-refractivity contribution >= 4 is 11.8 Å². The third-order valence-corrected chi connectivity index (χ3v) is 4.90. The van der Waals surface area contributed by atoms with Crippen molar-refractivity contribution in [3.8, 4) is 17.2 Å². The van der Waals surface area contributed by atoms with E-state index in [1.54, 1.807) is 0 Å². The molecule has 0 radical (unpaired) electrons. The van der Waals surface area contributed by atoms with Crippen molar-refractivity contribution in [3.63, 3.8) is 0 Å². The van der Waals surface area contributed by atoms with Gasteiger partial charge in [0.25, 0.3) is 11.1 Å². The Kier molecular flexibility index (Phi) is 5.38. The monoisotopic (exact) mass is 394 g/mol. The smallest absolute Gasteiger partial charge is 0.277 e. The molecule has 4 rings (SSSR count). The minimum Gasteiger partial charge on any atom is -0.484 e. The molecule has 0 amide bonds. The molecule has 28 heavy (non-hydrogen) atoms. The summed E-state index contributed by atoms with van der Waals surface area (Å²) in [5, 5.41) is 16.6. The molecule has 142 valence electrons. The quantitative estimate of drug-likeness (QED) is 0.420. The van der Waals surface area contributed by atoms with E-state index in [-0.39, 0.29) is 6.61 Å². The van der Waals surface area contributed by atoms with Gasteiger partial charge in [0.1, 0.15) is 5.75 Å². The predicted molar refractivity (Wildman–Crippen MR) is 104 cm³/mol. The van der Waals surface area contributed by atoms with E-state index in [2.05, 4.69) is 27.3 Å². The average molecular weight is 394 g/mol. The van der Waals surface area contributed by atoms with E-state index in [1.165, 1.54) is 22.9 Å². The maximum atomic E-state index is 5.71. The molecule has 0 aliphatic carbocycles. The van der Waals surface area contributed by atoms with E-state index < -0.39 is 0 Å². The van der Waals surface area contributed by atoms with Gasteiger partial charge in [0.05, 0.1) is 5.75 Å². The van der Waals surface area contributed by atoms with Gasteiger partial charge in [-0.05, 0) is 49.2 Å². The zero-order valence-corrected chi connectivity index (χ0v) is 16.3. The highest BCUT2D eigenvalue weighted by atomic mass is 32.2. The normalized spacial score (nSPS) is 10.9. The van der Waals surface area contributed by atoms with Gasteiger partial charge in [-0.2, -0.15) is 0 Å². The Hall–Kier alpha value is -3.13. The molecule has 0 bridgehead atoms. The summed E-state index contributed by atoms with van der Waals surface area (Å²) in [7, 11) is 0. The Morgan fingerprint density at radius 2 is 1.68 bits per heavy atom. The fraction of sp³-hybridized carbons (Fsp3) is 0.200. The lowest BCUT2D eigenvalue weighted by molar-refractivity contribution is 0.252. The summed E-state index contributed by atoms with van der Waals surface area (Å²) in [5.74, 6) is 2.62. The van der Waals surface area contributed by atoms with Gasteiger partial charge in [-0.25, -0.2) is 0 Å². The molecule has 0 aliphatic heterocycles. The van der Waals surface area contributed by atoms with Gasteiger partial charge in [-0.1, -0.05) is 36.0 Å². The molecule has 0 atom stereocenters. The largest absolute Gasteiger partial charge is 0.484 e. The molecule has 4 aromatic rings. The molecule has 8 heteroatoms. The number of ether oxygens (including phenoxy) is 1. The molecule has 0 aliphatic rings. The predicted octanol–water partition coefficient (Wildman–Crippen LogP) is 4.61. The second kappa shape index (κ2) is 8.26. The summed E-state index contributed by atoms with van der Waals surface area (Å²) >= 11 is 1.34. The lowest BCUT2D eigenvalue weighted by Gasteiger charge is -2.05. The van der Waals surface area contributed by atoms with Crippen LogP contribution in [0.1, 0.15) is 22.9 Å². The highest BCUT2D eigenvalue weighted by Crippen LogP contribution is 2.24. The molecular formula is C20H18N4O3S. The lowest BCUT2D eigenvalue weighted by atomic mass is 10.1. The number of rotatable bonds is 7. The van der Waals surface area contributed by atoms with Gasteiger partial charge < -0.3 is 13.6 Å². The van der Waals surface area contributed by atoms with Crippen molar-refractivity contribution in [2.45, 2.75) is 31.4 Å². The first-order valence-corrected chi connectivity index (χ1v) is 9.69. The summed E-state index contributed by atoms with van der Waals surface area (Å²) in [6.45, 7) is 4.33. The Morgan fingerprint density at radius 3 is 2.50 bits per heavy atom. The number of benzene rings is 2. The molecule has 0 unspecified atom stereocenters. The molecule has 2 aromatic carbocycles. The molecule has 0 N–H and O–H groups in total. The van der Waals surface area contributed by atoms with E-state index in [9.17, 15) is 0 Å². The zero-order chi connectivity index (χ0) is 19.3. The Balaban J connectivity index is 1.31. The van der Waals surface area contributed by atoms with Gasteiger partial charge in [-0.15, -0.1) is 20.4 Å². The maximum Gasteiger partial charge on any atom is 0.277 e. The minimum absolute atomic E-state index is 0.217. The Morgan fingerprint density at radius 1 is 0.857 bits per heavy atom. The fourth-order valence-electron chi connectivity index (χ4n) is 2.44. The minimum atomic E-state index is 0.217. The van der Waals surface area contributed by atoms with Crippen molar-refractivity contribution < 1.29 is 13.6 Å². The van der Waals surface area contributed by atoms with Crippen LogP contribution in [0.15, 0.2) is 62.6 Å². The van der Waals surface area contributed by atoms with Crippen LogP contribution in [0.5, 0.6) is 5.75 Å². The van der Waals surface area contributed by atoms with Crippen molar-refractivity contribution in [2.24, 2.45) is 0 Å². The summed E-state index contributed by atoms with van der Waals surface area (Å²) in [6, 6.07) is 15.6. The van der Waals surface area contributed by atoms with Gasteiger partial charge in [0.2, 0.25) is 11.8 Å². The SMILES string of the molecule is Cc1ccc(OCc2nnc(SCc3nnc(-c4ccccc4)o3)o2)cc1C.